The van der Waals surface area contributed by atoms with Crippen molar-refractivity contribution in [1.29, 1.82) is 0 Å². The largest absolute Gasteiger partial charge is 0.347 e. The zero-order valence-electron chi connectivity index (χ0n) is 14.2. The number of anilines is 1. The smallest absolute Gasteiger partial charge is 0.244 e. The number of carbonyl (C=O) groups excluding carboxylic acids is 2. The molecule has 0 saturated carbocycles. The van der Waals surface area contributed by atoms with Crippen molar-refractivity contribution in [2.75, 3.05) is 11.9 Å². The zero-order valence-corrected chi connectivity index (χ0v) is 14.2. The van der Waals surface area contributed by atoms with E-state index in [4.69, 9.17) is 0 Å². The van der Waals surface area contributed by atoms with Gasteiger partial charge in [0.05, 0.1) is 13.1 Å². The number of hydrogen-bond acceptors (Lipinski definition) is 4. The van der Waals surface area contributed by atoms with Gasteiger partial charge in [0.15, 0.2) is 5.82 Å². The van der Waals surface area contributed by atoms with Gasteiger partial charge in [-0.15, -0.1) is 0 Å². The normalized spacial score (nSPS) is 11.1. The van der Waals surface area contributed by atoms with Gasteiger partial charge in [0.25, 0.3) is 0 Å². The number of hydrogen-bond donors (Lipinski definition) is 2. The molecule has 0 aliphatic rings. The first kappa shape index (κ1) is 17.7. The quantitative estimate of drug-likeness (QED) is 0.846. The highest BCUT2D eigenvalue weighted by molar-refractivity contribution is 5.93. The summed E-state index contributed by atoms with van der Waals surface area (Å²) in [6.07, 6.45) is 5.61. The van der Waals surface area contributed by atoms with Crippen molar-refractivity contribution >= 4 is 17.6 Å². The fourth-order valence-corrected chi connectivity index (χ4v) is 2.10. The summed E-state index contributed by atoms with van der Waals surface area (Å²) < 4.78 is 1.73. The molecule has 128 valence electrons. The molecule has 24 heavy (non-hydrogen) atoms. The molecule has 0 spiro atoms. The predicted molar refractivity (Wildman–Crippen MR) is 91.3 cm³/mol. The molecule has 0 radical (unpaired) electrons. The van der Waals surface area contributed by atoms with Crippen LogP contribution in [0.1, 0.15) is 32.8 Å². The Bertz CT molecular complexity index is 689. The highest BCUT2D eigenvalue weighted by Crippen LogP contribution is 2.17. The third-order valence-corrected chi connectivity index (χ3v) is 3.14. The lowest BCUT2D eigenvalue weighted by atomic mass is 9.92. The predicted octanol–water partition coefficient (Wildman–Crippen LogP) is 1.82. The van der Waals surface area contributed by atoms with Gasteiger partial charge in [-0.2, -0.15) is 5.10 Å². The van der Waals surface area contributed by atoms with Crippen LogP contribution >= 0.6 is 0 Å². The number of carbonyl (C=O) groups is 2. The molecule has 0 atom stereocenters. The highest BCUT2D eigenvalue weighted by atomic mass is 16.2. The Morgan fingerprint density at radius 2 is 1.83 bits per heavy atom. The van der Waals surface area contributed by atoms with Crippen LogP contribution in [0.4, 0.5) is 5.82 Å². The Morgan fingerprint density at radius 3 is 2.50 bits per heavy atom. The first-order valence-electron chi connectivity index (χ1n) is 7.81. The van der Waals surface area contributed by atoms with Crippen LogP contribution in [0.25, 0.3) is 0 Å². The van der Waals surface area contributed by atoms with Crippen LogP contribution in [0, 0.1) is 5.41 Å². The second-order valence-corrected chi connectivity index (χ2v) is 6.82. The number of amides is 2. The van der Waals surface area contributed by atoms with E-state index in [1.807, 2.05) is 32.9 Å². The molecule has 2 rings (SSSR count). The van der Waals surface area contributed by atoms with Crippen LogP contribution in [-0.2, 0) is 16.1 Å². The standard InChI is InChI=1S/C17H23N5O2/c1-17(2,3)10-15(23)19-11-16(24)20-14-6-9-22(21-14)12-13-4-7-18-8-5-13/h4-9H,10-12H2,1-3H3,(H,19,23)(H,20,21,24). The second-order valence-electron chi connectivity index (χ2n) is 6.82. The number of nitrogens with zero attached hydrogens (tertiary/aromatic N) is 3. The van der Waals surface area contributed by atoms with Crippen molar-refractivity contribution in [3.8, 4) is 0 Å². The van der Waals surface area contributed by atoms with Crippen molar-refractivity contribution in [2.45, 2.75) is 33.7 Å². The molecule has 0 aliphatic heterocycles. The van der Waals surface area contributed by atoms with Gasteiger partial charge in [0, 0.05) is 31.1 Å². The zero-order chi connectivity index (χ0) is 17.6. The summed E-state index contributed by atoms with van der Waals surface area (Å²) in [7, 11) is 0. The molecule has 2 N–H and O–H groups in total. The Morgan fingerprint density at radius 1 is 1.12 bits per heavy atom. The molecular formula is C17H23N5O2. The molecule has 2 amide bonds. The van der Waals surface area contributed by atoms with E-state index < -0.39 is 0 Å². The maximum Gasteiger partial charge on any atom is 0.244 e. The van der Waals surface area contributed by atoms with Gasteiger partial charge >= 0.3 is 0 Å². The molecule has 0 saturated heterocycles. The van der Waals surface area contributed by atoms with Crippen LogP contribution in [0.5, 0.6) is 0 Å². The molecule has 2 aromatic rings. The Kier molecular flexibility index (Phi) is 5.68. The van der Waals surface area contributed by atoms with Gasteiger partial charge in [0.2, 0.25) is 11.8 Å². The molecule has 2 aromatic heterocycles. The SMILES string of the molecule is CC(C)(C)CC(=O)NCC(=O)Nc1ccn(Cc2ccncc2)n1. The summed E-state index contributed by atoms with van der Waals surface area (Å²) in [6.45, 7) is 6.46. The van der Waals surface area contributed by atoms with Crippen molar-refractivity contribution in [3.63, 3.8) is 0 Å². The number of pyridine rings is 1. The maximum atomic E-state index is 11.9. The van der Waals surface area contributed by atoms with Gasteiger partial charge in [-0.3, -0.25) is 19.3 Å². The summed E-state index contributed by atoms with van der Waals surface area (Å²) in [5, 5.41) is 9.57. The maximum absolute atomic E-state index is 11.9. The second kappa shape index (κ2) is 7.72. The van der Waals surface area contributed by atoms with Crippen molar-refractivity contribution < 1.29 is 9.59 Å². The number of aromatic nitrogens is 3. The van der Waals surface area contributed by atoms with Crippen LogP contribution in [0.15, 0.2) is 36.8 Å². The van der Waals surface area contributed by atoms with E-state index in [-0.39, 0.29) is 23.8 Å². The summed E-state index contributed by atoms with van der Waals surface area (Å²) in [4.78, 5) is 27.5. The summed E-state index contributed by atoms with van der Waals surface area (Å²) in [5.41, 5.74) is 0.965. The lowest BCUT2D eigenvalue weighted by molar-refractivity contribution is -0.125. The minimum absolute atomic E-state index is 0.0634. The van der Waals surface area contributed by atoms with E-state index in [0.717, 1.165) is 5.56 Å². The lowest BCUT2D eigenvalue weighted by Gasteiger charge is -2.16. The van der Waals surface area contributed by atoms with Gasteiger partial charge in [-0.25, -0.2) is 0 Å². The molecule has 0 aliphatic carbocycles. The molecule has 2 heterocycles. The average molecular weight is 329 g/mol. The summed E-state index contributed by atoms with van der Waals surface area (Å²) in [5.74, 6) is 0.0198. The fraction of sp³-hybridized carbons (Fsp3) is 0.412. The van der Waals surface area contributed by atoms with Gasteiger partial charge in [-0.05, 0) is 23.1 Å². The first-order chi connectivity index (χ1) is 11.3. The van der Waals surface area contributed by atoms with Crippen molar-refractivity contribution in [1.82, 2.24) is 20.1 Å². The Labute approximate surface area is 141 Å². The molecule has 0 unspecified atom stereocenters. The number of rotatable bonds is 6. The van der Waals surface area contributed by atoms with Crippen LogP contribution in [0.3, 0.4) is 0 Å². The van der Waals surface area contributed by atoms with E-state index in [1.165, 1.54) is 0 Å². The summed E-state index contributed by atoms with van der Waals surface area (Å²) >= 11 is 0. The van der Waals surface area contributed by atoms with E-state index in [1.54, 1.807) is 29.3 Å². The van der Waals surface area contributed by atoms with E-state index >= 15 is 0 Å². The minimum atomic E-state index is -0.300. The van der Waals surface area contributed by atoms with Crippen molar-refractivity contribution in [3.05, 3.63) is 42.4 Å². The van der Waals surface area contributed by atoms with Crippen molar-refractivity contribution in [2.24, 2.45) is 5.41 Å². The third kappa shape index (κ3) is 6.20. The average Bonchev–Trinajstić information content (AvgIpc) is 2.91. The van der Waals surface area contributed by atoms with E-state index in [0.29, 0.717) is 18.8 Å². The Balaban J connectivity index is 1.79. The summed E-state index contributed by atoms with van der Waals surface area (Å²) in [6, 6.07) is 5.53. The van der Waals surface area contributed by atoms with Crippen LogP contribution in [-0.4, -0.2) is 33.1 Å². The monoisotopic (exact) mass is 329 g/mol. The van der Waals surface area contributed by atoms with Gasteiger partial charge in [0.1, 0.15) is 0 Å². The highest BCUT2D eigenvalue weighted by Gasteiger charge is 2.16. The minimum Gasteiger partial charge on any atom is -0.347 e. The van der Waals surface area contributed by atoms with E-state index in [2.05, 4.69) is 20.7 Å². The third-order valence-electron chi connectivity index (χ3n) is 3.14. The molecule has 0 aromatic carbocycles. The first-order valence-corrected chi connectivity index (χ1v) is 7.81. The number of nitrogens with one attached hydrogen (secondary N) is 2. The molecule has 0 bridgehead atoms. The van der Waals surface area contributed by atoms with Crippen LogP contribution in [0.2, 0.25) is 0 Å². The lowest BCUT2D eigenvalue weighted by Crippen LogP contribution is -2.34. The van der Waals surface area contributed by atoms with Gasteiger partial charge in [-0.1, -0.05) is 20.8 Å². The fourth-order valence-electron chi connectivity index (χ4n) is 2.10. The van der Waals surface area contributed by atoms with Gasteiger partial charge < -0.3 is 10.6 Å². The molecular weight excluding hydrogens is 306 g/mol. The Hall–Kier alpha value is -2.70. The topological polar surface area (TPSA) is 88.9 Å². The van der Waals surface area contributed by atoms with Crippen LogP contribution < -0.4 is 10.6 Å². The molecule has 7 heteroatoms. The molecule has 0 fully saturated rings. The van der Waals surface area contributed by atoms with E-state index in [9.17, 15) is 9.59 Å². The molecule has 7 nitrogen and oxygen atoms in total.